The van der Waals surface area contributed by atoms with Crippen molar-refractivity contribution in [3.05, 3.63) is 28.0 Å². The van der Waals surface area contributed by atoms with Gasteiger partial charge in [0.25, 0.3) is 0 Å². The minimum Gasteiger partial charge on any atom is -0.380 e. The topological polar surface area (TPSA) is 25.4 Å². The van der Waals surface area contributed by atoms with Gasteiger partial charge in [0.05, 0.1) is 6.61 Å². The fraction of sp³-hybridized carbons (Fsp3) is 0.545. The first-order chi connectivity index (χ1) is 7.63. The van der Waals surface area contributed by atoms with Crippen LogP contribution in [0.5, 0.6) is 0 Å². The lowest BCUT2D eigenvalue weighted by molar-refractivity contribution is 0.120. The lowest BCUT2D eigenvalue weighted by Gasteiger charge is -2.16. The quantitative estimate of drug-likeness (QED) is 0.583. The molecule has 0 aromatic carbocycles. The van der Waals surface area contributed by atoms with E-state index >= 15 is 0 Å². The van der Waals surface area contributed by atoms with Crippen LogP contribution >= 0.6 is 23.2 Å². The van der Waals surface area contributed by atoms with E-state index in [9.17, 15) is 0 Å². The molecule has 0 spiro atoms. The Morgan fingerprint density at radius 1 is 1.38 bits per heavy atom. The molecule has 0 radical (unpaired) electrons. The van der Waals surface area contributed by atoms with Crippen molar-refractivity contribution in [1.82, 2.24) is 9.88 Å². The van der Waals surface area contributed by atoms with Crippen LogP contribution in [0.4, 0.5) is 0 Å². The summed E-state index contributed by atoms with van der Waals surface area (Å²) in [6.07, 6.45) is 0. The predicted molar refractivity (Wildman–Crippen MR) is 67.1 cm³/mol. The summed E-state index contributed by atoms with van der Waals surface area (Å²) >= 11 is 11.7. The van der Waals surface area contributed by atoms with Gasteiger partial charge in [-0.25, -0.2) is 4.98 Å². The molecule has 3 nitrogen and oxygen atoms in total. The molecule has 90 valence electrons. The fourth-order valence-electron chi connectivity index (χ4n) is 1.29. The number of aromatic nitrogens is 1. The second-order valence-corrected chi connectivity index (χ2v) is 4.26. The van der Waals surface area contributed by atoms with E-state index in [1.165, 1.54) is 0 Å². The monoisotopic (exact) mass is 262 g/mol. The SMILES string of the molecule is CCOCCN(C)Cc1ccc(Cl)nc1Cl. The van der Waals surface area contributed by atoms with Gasteiger partial charge in [-0.1, -0.05) is 29.3 Å². The first-order valence-electron chi connectivity index (χ1n) is 5.20. The van der Waals surface area contributed by atoms with Crippen molar-refractivity contribution in [2.24, 2.45) is 0 Å². The average Bonchev–Trinajstić information content (AvgIpc) is 2.23. The minimum absolute atomic E-state index is 0.422. The highest BCUT2D eigenvalue weighted by atomic mass is 35.5. The number of rotatable bonds is 6. The summed E-state index contributed by atoms with van der Waals surface area (Å²) in [5.41, 5.74) is 0.977. The molecular weight excluding hydrogens is 247 g/mol. The molecule has 0 bridgehead atoms. The maximum absolute atomic E-state index is 5.98. The first-order valence-corrected chi connectivity index (χ1v) is 5.96. The van der Waals surface area contributed by atoms with Gasteiger partial charge >= 0.3 is 0 Å². The third kappa shape index (κ3) is 4.66. The maximum atomic E-state index is 5.98. The van der Waals surface area contributed by atoms with Crippen LogP contribution in [0.3, 0.4) is 0 Å². The van der Waals surface area contributed by atoms with Crippen LogP contribution in [0, 0.1) is 0 Å². The lowest BCUT2D eigenvalue weighted by atomic mass is 10.2. The van der Waals surface area contributed by atoms with E-state index in [2.05, 4.69) is 9.88 Å². The van der Waals surface area contributed by atoms with Crippen LogP contribution in [0.1, 0.15) is 12.5 Å². The standard InChI is InChI=1S/C11H16Cl2N2O/c1-3-16-7-6-15(2)8-9-4-5-10(12)14-11(9)13/h4-5H,3,6-8H2,1-2H3. The number of halogens is 2. The van der Waals surface area contributed by atoms with Crippen LogP contribution in [0.2, 0.25) is 10.3 Å². The maximum Gasteiger partial charge on any atom is 0.135 e. The molecule has 0 unspecified atom stereocenters. The van der Waals surface area contributed by atoms with Crippen molar-refractivity contribution in [2.75, 3.05) is 26.8 Å². The highest BCUT2D eigenvalue weighted by Gasteiger charge is 2.06. The molecule has 0 saturated heterocycles. The second kappa shape index (κ2) is 7.07. The van der Waals surface area contributed by atoms with E-state index in [1.54, 1.807) is 6.07 Å². The van der Waals surface area contributed by atoms with Crippen LogP contribution in [0.25, 0.3) is 0 Å². The molecule has 0 fully saturated rings. The van der Waals surface area contributed by atoms with Crippen LogP contribution in [-0.4, -0.2) is 36.7 Å². The molecule has 5 heteroatoms. The number of ether oxygens (including phenoxy) is 1. The number of likely N-dealkylation sites (N-methyl/N-ethyl adjacent to an activating group) is 1. The molecule has 0 saturated carbocycles. The Bertz CT molecular complexity index is 334. The van der Waals surface area contributed by atoms with E-state index in [-0.39, 0.29) is 0 Å². The Hall–Kier alpha value is -0.350. The van der Waals surface area contributed by atoms with Gasteiger partial charge in [0, 0.05) is 25.3 Å². The van der Waals surface area contributed by atoms with E-state index in [0.717, 1.165) is 31.9 Å². The predicted octanol–water partition coefficient (Wildman–Crippen LogP) is 2.86. The first kappa shape index (κ1) is 13.7. The van der Waals surface area contributed by atoms with Gasteiger partial charge in [-0.05, 0) is 20.0 Å². The number of pyridine rings is 1. The molecule has 16 heavy (non-hydrogen) atoms. The van der Waals surface area contributed by atoms with E-state index in [4.69, 9.17) is 27.9 Å². The summed E-state index contributed by atoms with van der Waals surface area (Å²) in [6, 6.07) is 3.65. The number of hydrogen-bond donors (Lipinski definition) is 0. The summed E-state index contributed by atoms with van der Waals surface area (Å²) in [5.74, 6) is 0. The van der Waals surface area contributed by atoms with Gasteiger partial charge in [0.1, 0.15) is 10.3 Å². The van der Waals surface area contributed by atoms with Crippen molar-refractivity contribution in [2.45, 2.75) is 13.5 Å². The number of nitrogens with zero attached hydrogens (tertiary/aromatic N) is 2. The smallest absolute Gasteiger partial charge is 0.135 e. The van der Waals surface area contributed by atoms with Crippen molar-refractivity contribution in [1.29, 1.82) is 0 Å². The van der Waals surface area contributed by atoms with Crippen molar-refractivity contribution >= 4 is 23.2 Å². The molecule has 1 heterocycles. The Balaban J connectivity index is 2.46. The molecule has 1 aromatic rings. The largest absolute Gasteiger partial charge is 0.380 e. The Morgan fingerprint density at radius 3 is 2.75 bits per heavy atom. The Morgan fingerprint density at radius 2 is 2.12 bits per heavy atom. The summed E-state index contributed by atoms with van der Waals surface area (Å²) in [7, 11) is 2.02. The normalized spacial score (nSPS) is 11.1. The molecule has 0 N–H and O–H groups in total. The second-order valence-electron chi connectivity index (χ2n) is 3.52. The minimum atomic E-state index is 0.422. The fourth-order valence-corrected chi connectivity index (χ4v) is 1.70. The van der Waals surface area contributed by atoms with Crippen LogP contribution in [-0.2, 0) is 11.3 Å². The zero-order valence-electron chi connectivity index (χ0n) is 9.54. The Kier molecular flexibility index (Phi) is 6.06. The van der Waals surface area contributed by atoms with E-state index in [1.807, 2.05) is 20.0 Å². The average molecular weight is 263 g/mol. The van der Waals surface area contributed by atoms with Crippen molar-refractivity contribution in [3.63, 3.8) is 0 Å². The Labute approximate surface area is 106 Å². The molecule has 0 atom stereocenters. The van der Waals surface area contributed by atoms with Crippen molar-refractivity contribution < 1.29 is 4.74 Å². The molecule has 0 amide bonds. The lowest BCUT2D eigenvalue weighted by Crippen LogP contribution is -2.23. The molecule has 0 aliphatic rings. The van der Waals surface area contributed by atoms with Gasteiger partial charge in [0.15, 0.2) is 0 Å². The summed E-state index contributed by atoms with van der Waals surface area (Å²) in [5, 5.41) is 0.890. The highest BCUT2D eigenvalue weighted by Crippen LogP contribution is 2.17. The zero-order chi connectivity index (χ0) is 12.0. The molecule has 1 rings (SSSR count). The highest BCUT2D eigenvalue weighted by molar-refractivity contribution is 6.32. The molecule has 0 aliphatic carbocycles. The van der Waals surface area contributed by atoms with E-state index < -0.39 is 0 Å². The summed E-state index contributed by atoms with van der Waals surface area (Å²) in [4.78, 5) is 6.13. The van der Waals surface area contributed by atoms with Gasteiger partial charge in [-0.2, -0.15) is 0 Å². The summed E-state index contributed by atoms with van der Waals surface area (Å²) < 4.78 is 5.28. The van der Waals surface area contributed by atoms with Crippen LogP contribution in [0.15, 0.2) is 12.1 Å². The zero-order valence-corrected chi connectivity index (χ0v) is 11.1. The molecule has 1 aromatic heterocycles. The number of hydrogen-bond acceptors (Lipinski definition) is 3. The van der Waals surface area contributed by atoms with Crippen LogP contribution < -0.4 is 0 Å². The third-order valence-electron chi connectivity index (χ3n) is 2.15. The molecule has 0 aliphatic heterocycles. The van der Waals surface area contributed by atoms with Crippen molar-refractivity contribution in [3.8, 4) is 0 Å². The summed E-state index contributed by atoms with van der Waals surface area (Å²) in [6.45, 7) is 5.07. The van der Waals surface area contributed by atoms with Gasteiger partial charge in [-0.15, -0.1) is 0 Å². The van der Waals surface area contributed by atoms with Gasteiger partial charge in [0.2, 0.25) is 0 Å². The molecular formula is C11H16Cl2N2O. The third-order valence-corrected chi connectivity index (χ3v) is 2.69. The van der Waals surface area contributed by atoms with Gasteiger partial charge in [-0.3, -0.25) is 4.90 Å². The van der Waals surface area contributed by atoms with Gasteiger partial charge < -0.3 is 4.74 Å². The van der Waals surface area contributed by atoms with E-state index in [0.29, 0.717) is 10.3 Å².